The van der Waals surface area contributed by atoms with E-state index in [1.54, 1.807) is 6.07 Å². The molecular formula is C11H16Cl2N2. The molecule has 1 aromatic rings. The Kier molecular flexibility index (Phi) is 4.41. The van der Waals surface area contributed by atoms with E-state index in [2.05, 4.69) is 19.2 Å². The molecule has 1 rings (SSSR count). The SMILES string of the molecule is CC(C)(CN)NCc1ccc(Cl)cc1Cl. The molecule has 0 aromatic heterocycles. The Balaban J connectivity index is 2.66. The van der Waals surface area contributed by atoms with Crippen LogP contribution in [0.1, 0.15) is 19.4 Å². The number of hydrogen-bond donors (Lipinski definition) is 2. The fraction of sp³-hybridized carbons (Fsp3) is 0.455. The molecule has 0 unspecified atom stereocenters. The van der Waals surface area contributed by atoms with Crippen LogP contribution >= 0.6 is 23.2 Å². The minimum Gasteiger partial charge on any atom is -0.329 e. The molecule has 0 bridgehead atoms. The highest BCUT2D eigenvalue weighted by molar-refractivity contribution is 6.35. The Hall–Kier alpha value is -0.280. The molecule has 0 radical (unpaired) electrons. The van der Waals surface area contributed by atoms with E-state index in [0.717, 1.165) is 5.56 Å². The summed E-state index contributed by atoms with van der Waals surface area (Å²) >= 11 is 11.9. The summed E-state index contributed by atoms with van der Waals surface area (Å²) in [5.41, 5.74) is 6.57. The van der Waals surface area contributed by atoms with E-state index in [-0.39, 0.29) is 5.54 Å². The Labute approximate surface area is 101 Å². The molecule has 0 aliphatic carbocycles. The van der Waals surface area contributed by atoms with Crippen molar-refractivity contribution in [3.05, 3.63) is 33.8 Å². The van der Waals surface area contributed by atoms with Gasteiger partial charge in [0.15, 0.2) is 0 Å². The number of nitrogens with two attached hydrogens (primary N) is 1. The molecule has 0 saturated carbocycles. The van der Waals surface area contributed by atoms with Crippen LogP contribution < -0.4 is 11.1 Å². The summed E-state index contributed by atoms with van der Waals surface area (Å²) < 4.78 is 0. The van der Waals surface area contributed by atoms with E-state index in [0.29, 0.717) is 23.1 Å². The Morgan fingerprint density at radius 3 is 2.53 bits per heavy atom. The lowest BCUT2D eigenvalue weighted by Gasteiger charge is -2.24. The van der Waals surface area contributed by atoms with Gasteiger partial charge in [-0.3, -0.25) is 0 Å². The summed E-state index contributed by atoms with van der Waals surface area (Å²) in [6, 6.07) is 5.50. The first-order valence-corrected chi connectivity index (χ1v) is 5.59. The van der Waals surface area contributed by atoms with Crippen LogP contribution in [0.3, 0.4) is 0 Å². The smallest absolute Gasteiger partial charge is 0.0465 e. The van der Waals surface area contributed by atoms with Crippen LogP contribution in [0.15, 0.2) is 18.2 Å². The summed E-state index contributed by atoms with van der Waals surface area (Å²) in [5.74, 6) is 0. The zero-order valence-corrected chi connectivity index (χ0v) is 10.5. The summed E-state index contributed by atoms with van der Waals surface area (Å²) in [5, 5.41) is 4.67. The van der Waals surface area contributed by atoms with Gasteiger partial charge in [0, 0.05) is 28.7 Å². The van der Waals surface area contributed by atoms with E-state index in [4.69, 9.17) is 28.9 Å². The molecule has 0 heterocycles. The predicted molar refractivity (Wildman–Crippen MR) is 66.4 cm³/mol. The molecule has 0 aliphatic heterocycles. The molecule has 0 spiro atoms. The molecule has 4 heteroatoms. The topological polar surface area (TPSA) is 38.0 Å². The second kappa shape index (κ2) is 5.17. The third-order valence-electron chi connectivity index (χ3n) is 2.28. The van der Waals surface area contributed by atoms with Gasteiger partial charge in [0.1, 0.15) is 0 Å². The largest absolute Gasteiger partial charge is 0.329 e. The van der Waals surface area contributed by atoms with Crippen LogP contribution in [-0.2, 0) is 6.54 Å². The third kappa shape index (κ3) is 3.99. The van der Waals surface area contributed by atoms with E-state index < -0.39 is 0 Å². The van der Waals surface area contributed by atoms with E-state index in [1.165, 1.54) is 0 Å². The highest BCUT2D eigenvalue weighted by atomic mass is 35.5. The van der Waals surface area contributed by atoms with Crippen LogP contribution in [0.2, 0.25) is 10.0 Å². The van der Waals surface area contributed by atoms with Gasteiger partial charge in [0.25, 0.3) is 0 Å². The molecule has 0 fully saturated rings. The number of rotatable bonds is 4. The molecule has 84 valence electrons. The van der Waals surface area contributed by atoms with Gasteiger partial charge in [-0.25, -0.2) is 0 Å². The predicted octanol–water partition coefficient (Wildman–Crippen LogP) is 2.82. The zero-order valence-electron chi connectivity index (χ0n) is 8.98. The van der Waals surface area contributed by atoms with Crippen LogP contribution in [0.5, 0.6) is 0 Å². The number of halogens is 2. The van der Waals surface area contributed by atoms with Gasteiger partial charge in [-0.2, -0.15) is 0 Å². The maximum atomic E-state index is 6.05. The fourth-order valence-electron chi connectivity index (χ4n) is 1.07. The van der Waals surface area contributed by atoms with Crippen molar-refractivity contribution in [1.29, 1.82) is 0 Å². The first-order valence-electron chi connectivity index (χ1n) is 4.83. The van der Waals surface area contributed by atoms with Crippen molar-refractivity contribution >= 4 is 23.2 Å². The molecule has 0 saturated heterocycles. The zero-order chi connectivity index (χ0) is 11.5. The van der Waals surface area contributed by atoms with Crippen LogP contribution in [0.25, 0.3) is 0 Å². The summed E-state index contributed by atoms with van der Waals surface area (Å²) in [6.45, 7) is 5.38. The molecule has 0 atom stereocenters. The van der Waals surface area contributed by atoms with Gasteiger partial charge in [-0.15, -0.1) is 0 Å². The van der Waals surface area contributed by atoms with Crippen molar-refractivity contribution in [2.45, 2.75) is 25.9 Å². The molecule has 0 aliphatic rings. The number of benzene rings is 1. The van der Waals surface area contributed by atoms with E-state index >= 15 is 0 Å². The third-order valence-corrected chi connectivity index (χ3v) is 2.87. The van der Waals surface area contributed by atoms with Crippen molar-refractivity contribution in [3.8, 4) is 0 Å². The lowest BCUT2D eigenvalue weighted by Crippen LogP contribution is -2.45. The standard InChI is InChI=1S/C11H16Cl2N2/c1-11(2,7-14)15-6-8-3-4-9(12)5-10(8)13/h3-5,15H,6-7,14H2,1-2H3. The Morgan fingerprint density at radius 1 is 1.33 bits per heavy atom. The van der Waals surface area contributed by atoms with Gasteiger partial charge >= 0.3 is 0 Å². The average Bonchev–Trinajstić information content (AvgIpc) is 2.16. The molecule has 2 nitrogen and oxygen atoms in total. The second-order valence-electron chi connectivity index (χ2n) is 4.18. The quantitative estimate of drug-likeness (QED) is 0.858. The average molecular weight is 247 g/mol. The monoisotopic (exact) mass is 246 g/mol. The minimum absolute atomic E-state index is 0.0804. The summed E-state index contributed by atoms with van der Waals surface area (Å²) in [4.78, 5) is 0. The van der Waals surface area contributed by atoms with Crippen molar-refractivity contribution in [1.82, 2.24) is 5.32 Å². The number of hydrogen-bond acceptors (Lipinski definition) is 2. The fourth-order valence-corrected chi connectivity index (χ4v) is 1.55. The van der Waals surface area contributed by atoms with Gasteiger partial charge < -0.3 is 11.1 Å². The van der Waals surface area contributed by atoms with Crippen molar-refractivity contribution in [2.75, 3.05) is 6.54 Å². The molecule has 3 N–H and O–H groups in total. The highest BCUT2D eigenvalue weighted by Gasteiger charge is 2.14. The van der Waals surface area contributed by atoms with Gasteiger partial charge in [0.05, 0.1) is 0 Å². The first kappa shape index (κ1) is 12.8. The van der Waals surface area contributed by atoms with Crippen LogP contribution in [0.4, 0.5) is 0 Å². The van der Waals surface area contributed by atoms with Crippen LogP contribution in [0, 0.1) is 0 Å². The van der Waals surface area contributed by atoms with Gasteiger partial charge in [-0.05, 0) is 31.5 Å². The summed E-state index contributed by atoms with van der Waals surface area (Å²) in [6.07, 6.45) is 0. The maximum Gasteiger partial charge on any atom is 0.0465 e. The van der Waals surface area contributed by atoms with E-state index in [9.17, 15) is 0 Å². The minimum atomic E-state index is -0.0804. The maximum absolute atomic E-state index is 6.05. The lowest BCUT2D eigenvalue weighted by atomic mass is 10.1. The molecular weight excluding hydrogens is 231 g/mol. The highest BCUT2D eigenvalue weighted by Crippen LogP contribution is 2.21. The molecule has 1 aromatic carbocycles. The lowest BCUT2D eigenvalue weighted by molar-refractivity contribution is 0.397. The molecule has 15 heavy (non-hydrogen) atoms. The van der Waals surface area contributed by atoms with Crippen molar-refractivity contribution < 1.29 is 0 Å². The first-order chi connectivity index (χ1) is 6.94. The van der Waals surface area contributed by atoms with Crippen LogP contribution in [-0.4, -0.2) is 12.1 Å². The number of nitrogens with one attached hydrogen (secondary N) is 1. The normalized spacial score (nSPS) is 11.8. The van der Waals surface area contributed by atoms with Gasteiger partial charge in [0.2, 0.25) is 0 Å². The second-order valence-corrected chi connectivity index (χ2v) is 5.02. The Bertz CT molecular complexity index is 337. The Morgan fingerprint density at radius 2 is 2.00 bits per heavy atom. The van der Waals surface area contributed by atoms with E-state index in [1.807, 2.05) is 12.1 Å². The van der Waals surface area contributed by atoms with Crippen molar-refractivity contribution in [2.24, 2.45) is 5.73 Å². The van der Waals surface area contributed by atoms with Gasteiger partial charge in [-0.1, -0.05) is 29.3 Å². The summed E-state index contributed by atoms with van der Waals surface area (Å²) in [7, 11) is 0. The molecule has 0 amide bonds. The van der Waals surface area contributed by atoms with Crippen molar-refractivity contribution in [3.63, 3.8) is 0 Å².